The molecule has 2 heterocycles. The predicted molar refractivity (Wildman–Crippen MR) is 101 cm³/mol. The third-order valence-electron chi connectivity index (χ3n) is 4.15. The van der Waals surface area contributed by atoms with E-state index in [1.807, 2.05) is 41.2 Å². The molecule has 0 amide bonds. The molecule has 0 unspecified atom stereocenters. The van der Waals surface area contributed by atoms with Gasteiger partial charge in [0.05, 0.1) is 16.3 Å². The molecule has 0 spiro atoms. The zero-order chi connectivity index (χ0) is 18.7. The fourth-order valence-corrected chi connectivity index (χ4v) is 2.85. The van der Waals surface area contributed by atoms with Crippen molar-refractivity contribution in [1.29, 1.82) is 0 Å². The fraction of sp³-hybridized carbons (Fsp3) is 0.263. The highest BCUT2D eigenvalue weighted by molar-refractivity contribution is 5.60. The van der Waals surface area contributed by atoms with Gasteiger partial charge < -0.3 is 5.32 Å². The first-order chi connectivity index (χ1) is 12.5. The number of para-hydroxylation sites is 1. The molecule has 1 aromatic carbocycles. The van der Waals surface area contributed by atoms with Crippen molar-refractivity contribution in [1.82, 2.24) is 14.8 Å². The molecule has 7 heteroatoms. The van der Waals surface area contributed by atoms with Crippen LogP contribution in [0.3, 0.4) is 0 Å². The van der Waals surface area contributed by atoms with E-state index in [4.69, 9.17) is 0 Å². The molecular formula is C19H21N5O2. The first-order valence-corrected chi connectivity index (χ1v) is 8.45. The number of hydrogen-bond donors (Lipinski definition) is 1. The summed E-state index contributed by atoms with van der Waals surface area (Å²) in [7, 11) is 0. The van der Waals surface area contributed by atoms with Crippen LogP contribution in [0.5, 0.6) is 0 Å². The second kappa shape index (κ2) is 7.35. The van der Waals surface area contributed by atoms with Crippen molar-refractivity contribution in [3.05, 3.63) is 75.7 Å². The summed E-state index contributed by atoms with van der Waals surface area (Å²) in [5.41, 5.74) is 3.50. The highest BCUT2D eigenvalue weighted by Gasteiger charge is 2.19. The Balaban J connectivity index is 1.90. The molecule has 2 aromatic heterocycles. The van der Waals surface area contributed by atoms with Gasteiger partial charge in [0.1, 0.15) is 0 Å². The molecule has 3 aromatic rings. The number of pyridine rings is 1. The van der Waals surface area contributed by atoms with Gasteiger partial charge in [-0.25, -0.2) is 9.67 Å². The summed E-state index contributed by atoms with van der Waals surface area (Å²) in [4.78, 5) is 15.1. The van der Waals surface area contributed by atoms with E-state index in [-0.39, 0.29) is 17.4 Å². The van der Waals surface area contributed by atoms with Gasteiger partial charge >= 0.3 is 5.69 Å². The Kier molecular flexibility index (Phi) is 4.97. The molecule has 0 saturated carbocycles. The van der Waals surface area contributed by atoms with Crippen LogP contribution in [-0.4, -0.2) is 19.7 Å². The minimum absolute atomic E-state index is 0.00838. The first kappa shape index (κ1) is 17.6. The van der Waals surface area contributed by atoms with Crippen LogP contribution in [0.1, 0.15) is 36.6 Å². The number of anilines is 1. The van der Waals surface area contributed by atoms with Crippen molar-refractivity contribution >= 4 is 11.5 Å². The van der Waals surface area contributed by atoms with Crippen molar-refractivity contribution in [2.45, 2.75) is 33.2 Å². The van der Waals surface area contributed by atoms with Crippen LogP contribution in [0.25, 0.3) is 5.69 Å². The predicted octanol–water partition coefficient (Wildman–Crippen LogP) is 4.22. The molecule has 7 nitrogen and oxygen atoms in total. The Labute approximate surface area is 151 Å². The highest BCUT2D eigenvalue weighted by Crippen LogP contribution is 2.27. The monoisotopic (exact) mass is 351 g/mol. The van der Waals surface area contributed by atoms with E-state index >= 15 is 0 Å². The summed E-state index contributed by atoms with van der Waals surface area (Å²) in [6.07, 6.45) is 3.53. The van der Waals surface area contributed by atoms with Gasteiger partial charge in [0, 0.05) is 30.1 Å². The van der Waals surface area contributed by atoms with Crippen LogP contribution in [-0.2, 0) is 6.54 Å². The lowest BCUT2D eigenvalue weighted by Crippen LogP contribution is -2.07. The van der Waals surface area contributed by atoms with Crippen LogP contribution in [0.2, 0.25) is 0 Å². The van der Waals surface area contributed by atoms with Crippen molar-refractivity contribution in [3.8, 4) is 5.69 Å². The number of nitro groups is 1. The number of aromatic nitrogens is 3. The third-order valence-corrected chi connectivity index (χ3v) is 4.15. The van der Waals surface area contributed by atoms with Gasteiger partial charge in [0.25, 0.3) is 0 Å². The Hall–Kier alpha value is -3.22. The van der Waals surface area contributed by atoms with Crippen LogP contribution in [0.15, 0.2) is 48.8 Å². The van der Waals surface area contributed by atoms with E-state index in [1.165, 1.54) is 0 Å². The number of rotatable bonds is 6. The smallest absolute Gasteiger partial charge is 0.314 e. The summed E-state index contributed by atoms with van der Waals surface area (Å²) in [6.45, 7) is 6.28. The standard InChI is InChI=1S/C19H21N5O2/c1-13(2)17-15(12-23(22-17)16-7-5-4-6-8-16)11-21-19-18(24(25)26)14(3)9-10-20-19/h4-10,12-13H,11H2,1-3H3,(H,20,21). The first-order valence-electron chi connectivity index (χ1n) is 8.45. The molecule has 0 saturated heterocycles. The van der Waals surface area contributed by atoms with E-state index in [9.17, 15) is 10.1 Å². The van der Waals surface area contributed by atoms with Gasteiger partial charge in [-0.3, -0.25) is 10.1 Å². The average Bonchev–Trinajstić information content (AvgIpc) is 3.05. The van der Waals surface area contributed by atoms with Crippen LogP contribution in [0.4, 0.5) is 11.5 Å². The summed E-state index contributed by atoms with van der Waals surface area (Å²) < 4.78 is 1.84. The zero-order valence-electron chi connectivity index (χ0n) is 15.0. The molecule has 0 aliphatic rings. The van der Waals surface area contributed by atoms with Gasteiger partial charge in [0.2, 0.25) is 5.82 Å². The molecular weight excluding hydrogens is 330 g/mol. The lowest BCUT2D eigenvalue weighted by molar-refractivity contribution is -0.384. The zero-order valence-corrected chi connectivity index (χ0v) is 15.0. The Bertz CT molecular complexity index is 919. The molecule has 3 rings (SSSR count). The normalized spacial score (nSPS) is 10.9. The molecule has 0 atom stereocenters. The molecule has 0 radical (unpaired) electrons. The van der Waals surface area contributed by atoms with Crippen LogP contribution in [0, 0.1) is 17.0 Å². The molecule has 0 fully saturated rings. The van der Waals surface area contributed by atoms with E-state index in [1.54, 1.807) is 19.2 Å². The molecule has 134 valence electrons. The van der Waals surface area contributed by atoms with Crippen molar-refractivity contribution in [2.24, 2.45) is 0 Å². The number of hydrogen-bond acceptors (Lipinski definition) is 5. The molecule has 26 heavy (non-hydrogen) atoms. The van der Waals surface area contributed by atoms with Crippen molar-refractivity contribution in [2.75, 3.05) is 5.32 Å². The third kappa shape index (κ3) is 3.56. The largest absolute Gasteiger partial charge is 0.360 e. The Morgan fingerprint density at radius 1 is 1.23 bits per heavy atom. The summed E-state index contributed by atoms with van der Waals surface area (Å²) in [6, 6.07) is 11.5. The topological polar surface area (TPSA) is 85.9 Å². The molecule has 0 aliphatic carbocycles. The average molecular weight is 351 g/mol. The second-order valence-electron chi connectivity index (χ2n) is 6.41. The molecule has 1 N–H and O–H groups in total. The highest BCUT2D eigenvalue weighted by atomic mass is 16.6. The van der Waals surface area contributed by atoms with Gasteiger partial charge in [0.15, 0.2) is 0 Å². The molecule has 0 bridgehead atoms. The summed E-state index contributed by atoms with van der Waals surface area (Å²) in [5, 5.41) is 19.1. The van der Waals surface area contributed by atoms with Gasteiger partial charge in [-0.1, -0.05) is 32.0 Å². The van der Waals surface area contributed by atoms with E-state index in [0.29, 0.717) is 12.1 Å². The quantitative estimate of drug-likeness (QED) is 0.531. The van der Waals surface area contributed by atoms with Gasteiger partial charge in [-0.2, -0.15) is 5.10 Å². The van der Waals surface area contributed by atoms with Crippen molar-refractivity contribution < 1.29 is 4.92 Å². The maximum Gasteiger partial charge on any atom is 0.314 e. The number of benzene rings is 1. The lowest BCUT2D eigenvalue weighted by Gasteiger charge is -2.08. The number of nitrogens with one attached hydrogen (secondary N) is 1. The summed E-state index contributed by atoms with van der Waals surface area (Å²) >= 11 is 0. The second-order valence-corrected chi connectivity index (χ2v) is 6.41. The Morgan fingerprint density at radius 3 is 2.62 bits per heavy atom. The van der Waals surface area contributed by atoms with E-state index < -0.39 is 4.92 Å². The van der Waals surface area contributed by atoms with Crippen LogP contribution >= 0.6 is 0 Å². The number of nitrogens with zero attached hydrogens (tertiary/aromatic N) is 4. The maximum absolute atomic E-state index is 11.3. The van der Waals surface area contributed by atoms with Crippen molar-refractivity contribution in [3.63, 3.8) is 0 Å². The van der Waals surface area contributed by atoms with E-state index in [2.05, 4.69) is 29.2 Å². The van der Waals surface area contributed by atoms with Crippen LogP contribution < -0.4 is 5.32 Å². The minimum Gasteiger partial charge on any atom is -0.360 e. The fourth-order valence-electron chi connectivity index (χ4n) is 2.85. The Morgan fingerprint density at radius 2 is 1.96 bits per heavy atom. The van der Waals surface area contributed by atoms with Gasteiger partial charge in [-0.15, -0.1) is 0 Å². The lowest BCUT2D eigenvalue weighted by atomic mass is 10.1. The summed E-state index contributed by atoms with van der Waals surface area (Å²) in [5.74, 6) is 0.509. The minimum atomic E-state index is -0.401. The number of aryl methyl sites for hydroxylation is 1. The maximum atomic E-state index is 11.3. The molecule has 0 aliphatic heterocycles. The SMILES string of the molecule is Cc1ccnc(NCc2cn(-c3ccccc3)nc2C(C)C)c1[N+](=O)[O-]. The van der Waals surface area contributed by atoms with Gasteiger partial charge in [-0.05, 0) is 31.0 Å². The van der Waals surface area contributed by atoms with E-state index in [0.717, 1.165) is 16.9 Å².